The lowest BCUT2D eigenvalue weighted by atomic mass is 9.71. The van der Waals surface area contributed by atoms with Gasteiger partial charge in [0.15, 0.2) is 0 Å². The lowest BCUT2D eigenvalue weighted by Gasteiger charge is -2.29. The number of rotatable bonds is 4. The first kappa shape index (κ1) is 15.4. The number of carbonyl (C=O) groups excluding carboxylic acids is 1. The fourth-order valence-electron chi connectivity index (χ4n) is 2.75. The van der Waals surface area contributed by atoms with E-state index < -0.39 is 0 Å². The van der Waals surface area contributed by atoms with Crippen molar-refractivity contribution in [2.24, 2.45) is 5.41 Å². The predicted molar refractivity (Wildman–Crippen MR) is 80.9 cm³/mol. The van der Waals surface area contributed by atoms with E-state index in [-0.39, 0.29) is 5.41 Å². The molecule has 0 aliphatic heterocycles. The maximum Gasteiger partial charge on any atom is 0.133 e. The molecule has 106 valence electrons. The number of halogens is 2. The van der Waals surface area contributed by atoms with Gasteiger partial charge in [0, 0.05) is 12.8 Å². The normalized spacial score (nSPS) is 17.8. The Morgan fingerprint density at radius 3 is 2.50 bits per heavy atom. The van der Waals surface area contributed by atoms with E-state index in [9.17, 15) is 10.1 Å². The van der Waals surface area contributed by atoms with Crippen LogP contribution in [0.2, 0.25) is 10.0 Å². The molecule has 0 heterocycles. The van der Waals surface area contributed by atoms with Gasteiger partial charge in [0.25, 0.3) is 0 Å². The highest BCUT2D eigenvalue weighted by Gasteiger charge is 2.34. The third-order valence-electron chi connectivity index (χ3n) is 4.11. The Labute approximate surface area is 129 Å². The van der Waals surface area contributed by atoms with Crippen molar-refractivity contribution < 1.29 is 4.79 Å². The van der Waals surface area contributed by atoms with Crippen LogP contribution in [0.1, 0.15) is 44.1 Å². The highest BCUT2D eigenvalue weighted by atomic mass is 35.5. The van der Waals surface area contributed by atoms with Crippen LogP contribution in [-0.4, -0.2) is 5.78 Å². The number of benzene rings is 1. The number of nitriles is 1. The molecule has 1 aliphatic rings. The molecule has 1 fully saturated rings. The monoisotopic (exact) mass is 309 g/mol. The number of aryl methyl sites for hydroxylation is 1. The fourth-order valence-corrected chi connectivity index (χ4v) is 3.07. The SMILES string of the molecule is N#CC1(CCCc2ccc(Cl)c(Cl)c2)CCC(=O)CC1. The van der Waals surface area contributed by atoms with Gasteiger partial charge in [-0.15, -0.1) is 0 Å². The molecule has 4 heteroatoms. The van der Waals surface area contributed by atoms with E-state index in [1.54, 1.807) is 6.07 Å². The van der Waals surface area contributed by atoms with Gasteiger partial charge in [-0.05, 0) is 49.8 Å². The van der Waals surface area contributed by atoms with Gasteiger partial charge >= 0.3 is 0 Å². The number of hydrogen-bond acceptors (Lipinski definition) is 2. The molecule has 0 spiro atoms. The topological polar surface area (TPSA) is 40.9 Å². The molecule has 1 aliphatic carbocycles. The quantitative estimate of drug-likeness (QED) is 0.788. The van der Waals surface area contributed by atoms with E-state index in [4.69, 9.17) is 23.2 Å². The zero-order valence-electron chi connectivity index (χ0n) is 11.3. The molecule has 0 radical (unpaired) electrons. The molecule has 2 rings (SSSR count). The molecule has 20 heavy (non-hydrogen) atoms. The first-order chi connectivity index (χ1) is 9.54. The van der Waals surface area contributed by atoms with Crippen molar-refractivity contribution in [3.8, 4) is 6.07 Å². The van der Waals surface area contributed by atoms with Gasteiger partial charge in [0.1, 0.15) is 5.78 Å². The molecule has 1 aromatic rings. The Hall–Kier alpha value is -1.04. The smallest absolute Gasteiger partial charge is 0.133 e. The van der Waals surface area contributed by atoms with Gasteiger partial charge in [-0.1, -0.05) is 29.3 Å². The fraction of sp³-hybridized carbons (Fsp3) is 0.500. The summed E-state index contributed by atoms with van der Waals surface area (Å²) in [5.41, 5.74) is 0.837. The number of carbonyl (C=O) groups is 1. The molecule has 0 saturated heterocycles. The minimum absolute atomic E-state index is 0.292. The van der Waals surface area contributed by atoms with Crippen LogP contribution in [0.15, 0.2) is 18.2 Å². The van der Waals surface area contributed by atoms with Crippen LogP contribution in [0.25, 0.3) is 0 Å². The summed E-state index contributed by atoms with van der Waals surface area (Å²) in [6, 6.07) is 8.10. The molecule has 2 nitrogen and oxygen atoms in total. The third kappa shape index (κ3) is 3.75. The minimum atomic E-state index is -0.301. The lowest BCUT2D eigenvalue weighted by Crippen LogP contribution is -2.26. The summed E-state index contributed by atoms with van der Waals surface area (Å²) in [4.78, 5) is 11.3. The van der Waals surface area contributed by atoms with Crippen LogP contribution in [0.4, 0.5) is 0 Å². The Morgan fingerprint density at radius 1 is 1.20 bits per heavy atom. The van der Waals surface area contributed by atoms with E-state index in [1.807, 2.05) is 12.1 Å². The maximum atomic E-state index is 11.3. The second-order valence-electron chi connectivity index (χ2n) is 5.53. The minimum Gasteiger partial charge on any atom is -0.300 e. The Morgan fingerprint density at radius 2 is 1.90 bits per heavy atom. The van der Waals surface area contributed by atoms with E-state index in [1.165, 1.54) is 0 Å². The first-order valence-corrected chi connectivity index (χ1v) is 7.67. The van der Waals surface area contributed by atoms with Crippen LogP contribution in [0.3, 0.4) is 0 Å². The largest absolute Gasteiger partial charge is 0.300 e. The van der Waals surface area contributed by atoms with Gasteiger partial charge < -0.3 is 0 Å². The van der Waals surface area contributed by atoms with E-state index in [0.717, 1.165) is 24.8 Å². The first-order valence-electron chi connectivity index (χ1n) is 6.92. The van der Waals surface area contributed by atoms with Gasteiger partial charge in [-0.2, -0.15) is 5.26 Å². The van der Waals surface area contributed by atoms with Gasteiger partial charge in [-0.3, -0.25) is 4.79 Å². The second kappa shape index (κ2) is 6.61. The Balaban J connectivity index is 1.89. The number of nitrogens with zero attached hydrogens (tertiary/aromatic N) is 1. The van der Waals surface area contributed by atoms with E-state index >= 15 is 0 Å². The molecule has 1 saturated carbocycles. The summed E-state index contributed by atoms with van der Waals surface area (Å²) in [6.45, 7) is 0. The molecule has 0 amide bonds. The van der Waals surface area contributed by atoms with Crippen molar-refractivity contribution in [2.75, 3.05) is 0 Å². The number of Topliss-reactive ketones (excluding diaryl/α,β-unsaturated/α-hetero) is 1. The number of hydrogen-bond donors (Lipinski definition) is 0. The summed E-state index contributed by atoms with van der Waals surface area (Å²) < 4.78 is 0. The zero-order valence-corrected chi connectivity index (χ0v) is 12.8. The molecule has 0 aromatic heterocycles. The summed E-state index contributed by atoms with van der Waals surface area (Å²) in [6.07, 6.45) is 5.19. The molecular weight excluding hydrogens is 293 g/mol. The van der Waals surface area contributed by atoms with Crippen LogP contribution in [0, 0.1) is 16.7 Å². The van der Waals surface area contributed by atoms with E-state index in [0.29, 0.717) is 41.5 Å². The van der Waals surface area contributed by atoms with Gasteiger partial charge in [0.2, 0.25) is 0 Å². The summed E-state index contributed by atoms with van der Waals surface area (Å²) in [7, 11) is 0. The van der Waals surface area contributed by atoms with Crippen molar-refractivity contribution in [3.63, 3.8) is 0 Å². The van der Waals surface area contributed by atoms with Crippen LogP contribution in [-0.2, 0) is 11.2 Å². The maximum absolute atomic E-state index is 11.3. The van der Waals surface area contributed by atoms with Crippen LogP contribution in [0.5, 0.6) is 0 Å². The van der Waals surface area contributed by atoms with Crippen molar-refractivity contribution in [1.82, 2.24) is 0 Å². The molecule has 0 bridgehead atoms. The summed E-state index contributed by atoms with van der Waals surface area (Å²) >= 11 is 11.9. The second-order valence-corrected chi connectivity index (χ2v) is 6.35. The van der Waals surface area contributed by atoms with Crippen molar-refractivity contribution in [3.05, 3.63) is 33.8 Å². The lowest BCUT2D eigenvalue weighted by molar-refractivity contribution is -0.121. The molecule has 0 unspecified atom stereocenters. The molecule has 0 N–H and O–H groups in total. The summed E-state index contributed by atoms with van der Waals surface area (Å²) in [5, 5.41) is 10.5. The predicted octanol–water partition coefficient (Wildman–Crippen LogP) is 4.97. The van der Waals surface area contributed by atoms with Crippen molar-refractivity contribution >= 4 is 29.0 Å². The third-order valence-corrected chi connectivity index (χ3v) is 4.85. The van der Waals surface area contributed by atoms with Gasteiger partial charge in [-0.25, -0.2) is 0 Å². The van der Waals surface area contributed by atoms with Crippen molar-refractivity contribution in [2.45, 2.75) is 44.9 Å². The average molecular weight is 310 g/mol. The molecule has 0 atom stereocenters. The molecular formula is C16H17Cl2NO. The van der Waals surface area contributed by atoms with E-state index in [2.05, 4.69) is 6.07 Å². The summed E-state index contributed by atoms with van der Waals surface area (Å²) in [5.74, 6) is 0.292. The zero-order chi connectivity index (χ0) is 14.6. The van der Waals surface area contributed by atoms with Crippen molar-refractivity contribution in [1.29, 1.82) is 5.26 Å². The van der Waals surface area contributed by atoms with Gasteiger partial charge in [0.05, 0.1) is 21.5 Å². The standard InChI is InChI=1S/C16H17Cl2NO/c17-14-4-3-12(10-15(14)18)2-1-7-16(11-19)8-5-13(20)6-9-16/h3-4,10H,1-2,5-9H2. The Kier molecular flexibility index (Phi) is 5.07. The number of ketones is 1. The average Bonchev–Trinajstić information content (AvgIpc) is 2.45. The highest BCUT2D eigenvalue weighted by molar-refractivity contribution is 6.42. The van der Waals surface area contributed by atoms with Crippen LogP contribution < -0.4 is 0 Å². The highest BCUT2D eigenvalue weighted by Crippen LogP contribution is 2.38. The molecule has 1 aromatic carbocycles. The van der Waals surface area contributed by atoms with Crippen LogP contribution >= 0.6 is 23.2 Å². The Bertz CT molecular complexity index is 538.